The minimum atomic E-state index is -0.885. The number of fused-ring (bicyclic) bond motifs is 1. The molecule has 0 fully saturated rings. The summed E-state index contributed by atoms with van der Waals surface area (Å²) < 4.78 is 10.2. The van der Waals surface area contributed by atoms with Gasteiger partial charge in [-0.3, -0.25) is 24.5 Å². The van der Waals surface area contributed by atoms with Gasteiger partial charge in [0.05, 0.1) is 17.7 Å². The van der Waals surface area contributed by atoms with Gasteiger partial charge in [-0.25, -0.2) is 0 Å². The van der Waals surface area contributed by atoms with E-state index in [1.54, 1.807) is 45.3 Å². The largest absolute Gasteiger partial charge is 0.469 e. The number of ether oxygens (including phenoxy) is 1. The van der Waals surface area contributed by atoms with E-state index in [1.165, 1.54) is 24.1 Å². The van der Waals surface area contributed by atoms with Crippen LogP contribution >= 0.6 is 0 Å². The third-order valence-electron chi connectivity index (χ3n) is 8.89. The number of aromatic nitrogens is 2. The second-order valence-corrected chi connectivity index (χ2v) is 12.3. The Hall–Kier alpha value is -5.78. The van der Waals surface area contributed by atoms with Crippen molar-refractivity contribution in [2.75, 3.05) is 19.5 Å². The SMILES string of the molecule is COC(=O)CC[C@H](C)c1ccc(C(Nc2ccc3cc[nH]c(=O)c3c2)C(=O)N(C)Cc2cc([N+](=O)[O-])ccc2-c2c(C)noc2C)cc1C. The van der Waals surface area contributed by atoms with Crippen molar-refractivity contribution < 1.29 is 23.8 Å². The monoisotopic (exact) mass is 665 g/mol. The number of carbonyl (C=O) groups is 2. The van der Waals surface area contributed by atoms with Gasteiger partial charge in [-0.1, -0.05) is 36.3 Å². The predicted octanol–water partition coefficient (Wildman–Crippen LogP) is 6.89. The fraction of sp³-hybridized carbons (Fsp3) is 0.297. The molecule has 2 heterocycles. The molecule has 0 spiro atoms. The molecule has 0 radical (unpaired) electrons. The van der Waals surface area contributed by atoms with E-state index in [1.807, 2.05) is 44.2 Å². The lowest BCUT2D eigenvalue weighted by Crippen LogP contribution is -2.35. The Balaban J connectivity index is 1.52. The van der Waals surface area contributed by atoms with Crippen LogP contribution in [0, 0.1) is 30.9 Å². The number of nitrogens with one attached hydrogen (secondary N) is 2. The van der Waals surface area contributed by atoms with Crippen LogP contribution in [0.4, 0.5) is 11.4 Å². The number of H-pyrrole nitrogens is 1. The number of non-ortho nitro benzene ring substituents is 1. The summed E-state index contributed by atoms with van der Waals surface area (Å²) in [6.45, 7) is 7.63. The maximum absolute atomic E-state index is 14.5. The van der Waals surface area contributed by atoms with Crippen molar-refractivity contribution in [3.8, 4) is 11.1 Å². The van der Waals surface area contributed by atoms with Crippen molar-refractivity contribution in [1.29, 1.82) is 0 Å². The van der Waals surface area contributed by atoms with Crippen LogP contribution in [0.25, 0.3) is 21.9 Å². The van der Waals surface area contributed by atoms with E-state index in [0.29, 0.717) is 57.6 Å². The normalized spacial score (nSPS) is 12.4. The van der Waals surface area contributed by atoms with Crippen LogP contribution in [0.15, 0.2) is 76.2 Å². The summed E-state index contributed by atoms with van der Waals surface area (Å²) in [5.74, 6) is 0.0595. The zero-order valence-corrected chi connectivity index (χ0v) is 28.3. The molecule has 0 saturated carbocycles. The maximum atomic E-state index is 14.5. The van der Waals surface area contributed by atoms with E-state index in [4.69, 9.17) is 9.26 Å². The molecule has 0 aliphatic rings. The molecular formula is C37H39N5O7. The summed E-state index contributed by atoms with van der Waals surface area (Å²) in [6, 6.07) is 16.6. The smallest absolute Gasteiger partial charge is 0.305 e. The zero-order valence-electron chi connectivity index (χ0n) is 28.3. The number of benzene rings is 3. The molecule has 1 amide bonds. The van der Waals surface area contributed by atoms with Gasteiger partial charge in [-0.15, -0.1) is 0 Å². The van der Waals surface area contributed by atoms with Gasteiger partial charge in [0.25, 0.3) is 11.2 Å². The van der Waals surface area contributed by atoms with Crippen LogP contribution < -0.4 is 10.9 Å². The van der Waals surface area contributed by atoms with E-state index in [0.717, 1.165) is 16.5 Å². The van der Waals surface area contributed by atoms with Gasteiger partial charge in [0.1, 0.15) is 11.8 Å². The highest BCUT2D eigenvalue weighted by Gasteiger charge is 2.27. The molecule has 0 aliphatic carbocycles. The summed E-state index contributed by atoms with van der Waals surface area (Å²) in [4.78, 5) is 54.3. The quantitative estimate of drug-likeness (QED) is 0.0822. The van der Waals surface area contributed by atoms with Crippen molar-refractivity contribution in [3.63, 3.8) is 0 Å². The van der Waals surface area contributed by atoms with Gasteiger partial charge < -0.3 is 24.5 Å². The van der Waals surface area contributed by atoms with E-state index < -0.39 is 11.0 Å². The molecule has 2 N–H and O–H groups in total. The van der Waals surface area contributed by atoms with Crippen LogP contribution in [0.5, 0.6) is 0 Å². The molecule has 2 aromatic heterocycles. The van der Waals surface area contributed by atoms with Crippen LogP contribution in [-0.4, -0.2) is 46.0 Å². The number of esters is 1. The number of nitro groups is 1. The van der Waals surface area contributed by atoms with Crippen molar-refractivity contribution >= 4 is 34.0 Å². The van der Waals surface area contributed by atoms with Crippen molar-refractivity contribution in [3.05, 3.63) is 121 Å². The van der Waals surface area contributed by atoms with E-state index in [2.05, 4.69) is 15.5 Å². The second kappa shape index (κ2) is 14.5. The zero-order chi connectivity index (χ0) is 35.4. The molecule has 49 heavy (non-hydrogen) atoms. The molecule has 254 valence electrons. The Morgan fingerprint density at radius 2 is 1.86 bits per heavy atom. The first-order valence-electron chi connectivity index (χ1n) is 15.9. The van der Waals surface area contributed by atoms with Gasteiger partial charge >= 0.3 is 5.97 Å². The summed E-state index contributed by atoms with van der Waals surface area (Å²) in [7, 11) is 3.02. The highest BCUT2D eigenvalue weighted by atomic mass is 16.6. The molecule has 0 aliphatic heterocycles. The number of aryl methyl sites for hydroxylation is 3. The third-order valence-corrected chi connectivity index (χ3v) is 8.89. The molecular weight excluding hydrogens is 626 g/mol. The van der Waals surface area contributed by atoms with Crippen molar-refractivity contribution in [2.24, 2.45) is 0 Å². The Bertz CT molecular complexity index is 2080. The molecule has 5 aromatic rings. The van der Waals surface area contributed by atoms with Gasteiger partial charge in [0.2, 0.25) is 5.91 Å². The van der Waals surface area contributed by atoms with Gasteiger partial charge in [0.15, 0.2) is 0 Å². The highest BCUT2D eigenvalue weighted by molar-refractivity contribution is 5.89. The molecule has 5 rings (SSSR count). The number of carbonyl (C=O) groups excluding carboxylic acids is 2. The van der Waals surface area contributed by atoms with Crippen LogP contribution in [0.3, 0.4) is 0 Å². The number of hydrogen-bond acceptors (Lipinski definition) is 9. The minimum Gasteiger partial charge on any atom is -0.469 e. The molecule has 1 unspecified atom stereocenters. The molecule has 2 atom stereocenters. The molecule has 12 heteroatoms. The topological polar surface area (TPSA) is 161 Å². The first-order chi connectivity index (χ1) is 23.4. The summed E-state index contributed by atoms with van der Waals surface area (Å²) in [5.41, 5.74) is 5.48. The Kier molecular flexibility index (Phi) is 10.3. The number of nitro benzene ring substituents is 1. The average Bonchev–Trinajstić information content (AvgIpc) is 3.42. The summed E-state index contributed by atoms with van der Waals surface area (Å²) in [6.07, 6.45) is 2.49. The summed E-state index contributed by atoms with van der Waals surface area (Å²) >= 11 is 0. The number of amides is 1. The van der Waals surface area contributed by atoms with E-state index >= 15 is 0 Å². The number of nitrogens with zero attached hydrogens (tertiary/aromatic N) is 3. The molecule has 0 bridgehead atoms. The van der Waals surface area contributed by atoms with Crippen LogP contribution in [0.2, 0.25) is 0 Å². The predicted molar refractivity (Wildman–Crippen MR) is 186 cm³/mol. The number of pyridine rings is 1. The Morgan fingerprint density at radius 3 is 2.53 bits per heavy atom. The van der Waals surface area contributed by atoms with Crippen LogP contribution in [0.1, 0.15) is 65.4 Å². The maximum Gasteiger partial charge on any atom is 0.305 e. The number of methoxy groups -OCH3 is 1. The van der Waals surface area contributed by atoms with Gasteiger partial charge in [-0.05, 0) is 90.6 Å². The number of aromatic amines is 1. The third kappa shape index (κ3) is 7.53. The van der Waals surface area contributed by atoms with E-state index in [-0.39, 0.29) is 35.6 Å². The van der Waals surface area contributed by atoms with Crippen molar-refractivity contribution in [2.45, 2.75) is 59.0 Å². The molecule has 12 nitrogen and oxygen atoms in total. The lowest BCUT2D eigenvalue weighted by atomic mass is 9.90. The number of likely N-dealkylation sites (N-methyl/N-ethyl adjacent to an activating group) is 1. The number of anilines is 1. The number of hydrogen-bond donors (Lipinski definition) is 2. The Labute approximate surface area is 283 Å². The van der Waals surface area contributed by atoms with E-state index in [9.17, 15) is 24.5 Å². The second-order valence-electron chi connectivity index (χ2n) is 12.3. The first kappa shape index (κ1) is 34.6. The summed E-state index contributed by atoms with van der Waals surface area (Å²) in [5, 5.41) is 20.4. The standard InChI is InChI=1S/C37H39N5O7/c1-21(7-14-33(43)48-6)30-12-9-26(17-22(30)2)35(39-28-10-8-25-15-16-38-36(44)32(25)19-28)37(45)41(5)20-27-18-29(42(46)47)11-13-31(27)34-23(3)40-49-24(34)4/h8-13,15-19,21,35,39H,7,14,20H2,1-6H3,(H,38,44)/t21-,35?/m0/s1. The number of rotatable bonds is 12. The first-order valence-corrected chi connectivity index (χ1v) is 15.9. The van der Waals surface area contributed by atoms with Crippen LogP contribution in [-0.2, 0) is 20.9 Å². The highest BCUT2D eigenvalue weighted by Crippen LogP contribution is 2.34. The van der Waals surface area contributed by atoms with Gasteiger partial charge in [0, 0.05) is 55.0 Å². The lowest BCUT2D eigenvalue weighted by molar-refractivity contribution is -0.384. The average molecular weight is 666 g/mol. The molecule has 3 aromatic carbocycles. The van der Waals surface area contributed by atoms with Crippen molar-refractivity contribution in [1.82, 2.24) is 15.0 Å². The fourth-order valence-electron chi connectivity index (χ4n) is 6.24. The van der Waals surface area contributed by atoms with Gasteiger partial charge in [-0.2, -0.15) is 0 Å². The molecule has 0 saturated heterocycles. The minimum absolute atomic E-state index is 0.0527. The lowest BCUT2D eigenvalue weighted by Gasteiger charge is -2.27. The Morgan fingerprint density at radius 1 is 1.08 bits per heavy atom. The fourth-order valence-corrected chi connectivity index (χ4v) is 6.24.